The number of carbonyl (C=O) groups is 3. The number of benzene rings is 2. The van der Waals surface area contributed by atoms with Crippen molar-refractivity contribution in [2.45, 2.75) is 25.4 Å². The number of ether oxygens (including phenoxy) is 1. The highest BCUT2D eigenvalue weighted by Gasteiger charge is 2.35. The van der Waals surface area contributed by atoms with E-state index in [4.69, 9.17) is 4.74 Å². The maximum absolute atomic E-state index is 12.8. The first kappa shape index (κ1) is 19.1. The summed E-state index contributed by atoms with van der Waals surface area (Å²) >= 11 is 0. The molecule has 0 radical (unpaired) electrons. The van der Waals surface area contributed by atoms with Crippen LogP contribution < -0.4 is 9.64 Å². The van der Waals surface area contributed by atoms with Crippen LogP contribution in [0.4, 0.5) is 5.69 Å². The van der Waals surface area contributed by atoms with Crippen LogP contribution in [0.2, 0.25) is 0 Å². The molecule has 0 fully saturated rings. The molecule has 29 heavy (non-hydrogen) atoms. The van der Waals surface area contributed by atoms with E-state index in [1.54, 1.807) is 54.5 Å². The lowest BCUT2D eigenvalue weighted by atomic mass is 9.98. The van der Waals surface area contributed by atoms with Crippen LogP contribution in [0, 0.1) is 0 Å². The Bertz CT molecular complexity index is 952. The van der Waals surface area contributed by atoms with Crippen molar-refractivity contribution in [2.75, 3.05) is 25.1 Å². The number of anilines is 1. The molecule has 2 aromatic carbocycles. The second-order valence-electron chi connectivity index (χ2n) is 7.19. The van der Waals surface area contributed by atoms with Gasteiger partial charge in [0, 0.05) is 31.1 Å². The van der Waals surface area contributed by atoms with E-state index in [9.17, 15) is 19.5 Å². The molecule has 150 valence electrons. The Morgan fingerprint density at radius 1 is 1.14 bits per heavy atom. The van der Waals surface area contributed by atoms with Crippen molar-refractivity contribution in [3.8, 4) is 5.75 Å². The van der Waals surface area contributed by atoms with E-state index in [2.05, 4.69) is 0 Å². The van der Waals surface area contributed by atoms with E-state index in [1.807, 2.05) is 0 Å². The smallest absolute Gasteiger partial charge is 0.261 e. The number of hydrogen-bond acceptors (Lipinski definition) is 5. The van der Waals surface area contributed by atoms with Crippen LogP contribution in [0.5, 0.6) is 5.75 Å². The van der Waals surface area contributed by atoms with Gasteiger partial charge < -0.3 is 14.7 Å². The van der Waals surface area contributed by atoms with E-state index in [-0.39, 0.29) is 30.7 Å². The predicted octanol–water partition coefficient (Wildman–Crippen LogP) is 2.54. The molecule has 1 atom stereocenters. The average molecular weight is 394 g/mol. The lowest BCUT2D eigenvalue weighted by Crippen LogP contribution is -2.37. The SMILES string of the molecule is COc1ccc2c(c1)N(C(=O)CCCN1C(=O)c3ccccc3C1=O)CCC2O. The van der Waals surface area contributed by atoms with Gasteiger partial charge >= 0.3 is 0 Å². The highest BCUT2D eigenvalue weighted by atomic mass is 16.5. The number of amides is 3. The van der Waals surface area contributed by atoms with E-state index in [0.717, 1.165) is 0 Å². The summed E-state index contributed by atoms with van der Waals surface area (Å²) in [4.78, 5) is 40.5. The van der Waals surface area contributed by atoms with Crippen LogP contribution >= 0.6 is 0 Å². The van der Waals surface area contributed by atoms with Crippen LogP contribution in [0.25, 0.3) is 0 Å². The molecule has 1 N–H and O–H groups in total. The monoisotopic (exact) mass is 394 g/mol. The molecule has 4 rings (SSSR count). The summed E-state index contributed by atoms with van der Waals surface area (Å²) in [5.41, 5.74) is 2.17. The Kier molecular flexibility index (Phi) is 5.07. The van der Waals surface area contributed by atoms with Crippen molar-refractivity contribution >= 4 is 23.4 Å². The number of nitrogens with zero attached hydrogens (tertiary/aromatic N) is 2. The van der Waals surface area contributed by atoms with Crippen LogP contribution in [0.1, 0.15) is 51.6 Å². The number of carbonyl (C=O) groups excluding carboxylic acids is 3. The van der Waals surface area contributed by atoms with Crippen LogP contribution in [-0.2, 0) is 4.79 Å². The quantitative estimate of drug-likeness (QED) is 0.788. The van der Waals surface area contributed by atoms with Gasteiger partial charge in [0.15, 0.2) is 0 Å². The molecule has 2 aliphatic rings. The molecular weight excluding hydrogens is 372 g/mol. The highest BCUT2D eigenvalue weighted by Crippen LogP contribution is 2.36. The lowest BCUT2D eigenvalue weighted by Gasteiger charge is -2.32. The van der Waals surface area contributed by atoms with Gasteiger partial charge in [0.25, 0.3) is 11.8 Å². The van der Waals surface area contributed by atoms with Crippen molar-refractivity contribution in [3.63, 3.8) is 0 Å². The number of hydrogen-bond donors (Lipinski definition) is 1. The summed E-state index contributed by atoms with van der Waals surface area (Å²) in [5.74, 6) is -0.117. The Balaban J connectivity index is 1.42. The van der Waals surface area contributed by atoms with Gasteiger partial charge in [0.2, 0.25) is 5.91 Å². The van der Waals surface area contributed by atoms with E-state index in [0.29, 0.717) is 47.5 Å². The zero-order chi connectivity index (χ0) is 20.5. The largest absolute Gasteiger partial charge is 0.497 e. The standard InChI is InChI=1S/C22H22N2O5/c1-29-14-8-9-17-18(13-14)23(12-10-19(17)25)20(26)7-4-11-24-21(27)15-5-2-3-6-16(15)22(24)28/h2-3,5-6,8-9,13,19,25H,4,7,10-12H2,1H3. The fourth-order valence-electron chi connectivity index (χ4n) is 3.92. The summed E-state index contributed by atoms with van der Waals surface area (Å²) in [6.07, 6.45) is 0.421. The van der Waals surface area contributed by atoms with Gasteiger partial charge in [0.1, 0.15) is 5.75 Å². The van der Waals surface area contributed by atoms with Crippen molar-refractivity contribution < 1.29 is 24.2 Å². The first-order valence-electron chi connectivity index (χ1n) is 9.63. The van der Waals surface area contributed by atoms with Crippen molar-refractivity contribution in [1.82, 2.24) is 4.90 Å². The molecule has 1 unspecified atom stereocenters. The first-order valence-corrected chi connectivity index (χ1v) is 9.63. The Morgan fingerprint density at radius 2 is 1.83 bits per heavy atom. The fourth-order valence-corrected chi connectivity index (χ4v) is 3.92. The molecule has 7 nitrogen and oxygen atoms in total. The number of methoxy groups -OCH3 is 1. The first-order chi connectivity index (χ1) is 14.0. The Morgan fingerprint density at radius 3 is 2.48 bits per heavy atom. The van der Waals surface area contributed by atoms with Gasteiger partial charge in [-0.3, -0.25) is 19.3 Å². The molecule has 0 spiro atoms. The van der Waals surface area contributed by atoms with E-state index in [1.165, 1.54) is 4.90 Å². The Hall–Kier alpha value is -3.19. The molecule has 0 saturated heterocycles. The molecule has 0 bridgehead atoms. The third-order valence-electron chi connectivity index (χ3n) is 5.47. The predicted molar refractivity (Wildman–Crippen MR) is 106 cm³/mol. The second kappa shape index (κ2) is 7.67. The minimum absolute atomic E-state index is 0.108. The lowest BCUT2D eigenvalue weighted by molar-refractivity contribution is -0.119. The molecule has 0 aliphatic carbocycles. The second-order valence-corrected chi connectivity index (χ2v) is 7.19. The zero-order valence-corrected chi connectivity index (χ0v) is 16.1. The molecular formula is C22H22N2O5. The molecule has 2 aromatic rings. The molecule has 0 saturated carbocycles. The maximum Gasteiger partial charge on any atom is 0.261 e. The fraction of sp³-hybridized carbons (Fsp3) is 0.318. The van der Waals surface area contributed by atoms with Gasteiger partial charge in [-0.15, -0.1) is 0 Å². The number of fused-ring (bicyclic) bond motifs is 2. The highest BCUT2D eigenvalue weighted by molar-refractivity contribution is 6.21. The van der Waals surface area contributed by atoms with Gasteiger partial charge in [-0.25, -0.2) is 0 Å². The summed E-state index contributed by atoms with van der Waals surface area (Å²) in [6, 6.07) is 12.0. The average Bonchev–Trinajstić information content (AvgIpc) is 2.98. The normalized spacial score (nSPS) is 17.9. The van der Waals surface area contributed by atoms with Crippen molar-refractivity contribution in [1.29, 1.82) is 0 Å². The molecule has 3 amide bonds. The minimum Gasteiger partial charge on any atom is -0.497 e. The third-order valence-corrected chi connectivity index (χ3v) is 5.47. The van der Waals surface area contributed by atoms with Crippen molar-refractivity contribution in [2.24, 2.45) is 0 Å². The topological polar surface area (TPSA) is 87.2 Å². The number of aliphatic hydroxyl groups is 1. The summed E-state index contributed by atoms with van der Waals surface area (Å²) in [5, 5.41) is 10.2. The molecule has 0 aromatic heterocycles. The number of aliphatic hydroxyl groups excluding tert-OH is 1. The zero-order valence-electron chi connectivity index (χ0n) is 16.1. The summed E-state index contributed by atoms with van der Waals surface area (Å²) < 4.78 is 5.25. The van der Waals surface area contributed by atoms with Gasteiger partial charge in [-0.2, -0.15) is 0 Å². The van der Waals surface area contributed by atoms with Crippen LogP contribution in [0.15, 0.2) is 42.5 Å². The van der Waals surface area contributed by atoms with Crippen LogP contribution in [-0.4, -0.2) is 47.9 Å². The summed E-state index contributed by atoms with van der Waals surface area (Å²) in [6.45, 7) is 0.604. The number of imide groups is 1. The molecule has 2 aliphatic heterocycles. The van der Waals surface area contributed by atoms with Crippen molar-refractivity contribution in [3.05, 3.63) is 59.2 Å². The van der Waals surface area contributed by atoms with Gasteiger partial charge in [-0.1, -0.05) is 18.2 Å². The van der Waals surface area contributed by atoms with Crippen LogP contribution in [0.3, 0.4) is 0 Å². The van der Waals surface area contributed by atoms with E-state index < -0.39 is 6.10 Å². The summed E-state index contributed by atoms with van der Waals surface area (Å²) in [7, 11) is 1.55. The van der Waals surface area contributed by atoms with E-state index >= 15 is 0 Å². The minimum atomic E-state index is -0.613. The number of rotatable bonds is 5. The van der Waals surface area contributed by atoms with Gasteiger partial charge in [-0.05, 0) is 31.0 Å². The molecule has 7 heteroatoms. The molecule has 2 heterocycles. The Labute approximate surface area is 168 Å². The maximum atomic E-state index is 12.8. The van der Waals surface area contributed by atoms with Gasteiger partial charge in [0.05, 0.1) is 30.0 Å². The third kappa shape index (κ3) is 3.38.